The summed E-state index contributed by atoms with van der Waals surface area (Å²) in [6, 6.07) is 13.3. The molecule has 4 heteroatoms. The number of fused-ring (bicyclic) bond motifs is 3. The van der Waals surface area contributed by atoms with Gasteiger partial charge in [-0.2, -0.15) is 0 Å². The lowest BCUT2D eigenvalue weighted by Crippen LogP contribution is -2.32. The molecule has 0 N–H and O–H groups in total. The molecule has 0 amide bonds. The Morgan fingerprint density at radius 1 is 1.05 bits per heavy atom. The smallest absolute Gasteiger partial charge is 0.231 e. The lowest BCUT2D eigenvalue weighted by Gasteiger charge is -2.04. The third-order valence-electron chi connectivity index (χ3n) is 4.37. The second kappa shape index (κ2) is 4.65. The van der Waals surface area contributed by atoms with Crippen molar-refractivity contribution in [2.45, 2.75) is 13.8 Å². The molecule has 4 aromatic rings. The Kier molecular flexibility index (Phi) is 2.84. The molecule has 2 heterocycles. The second-order valence-corrected chi connectivity index (χ2v) is 6.90. The molecule has 0 saturated carbocycles. The van der Waals surface area contributed by atoms with Crippen LogP contribution >= 0.6 is 11.3 Å². The van der Waals surface area contributed by atoms with Gasteiger partial charge in [-0.3, -0.25) is 0 Å². The summed E-state index contributed by atoms with van der Waals surface area (Å²) in [4.78, 5) is 0. The maximum Gasteiger partial charge on any atom is 0.274 e. The Morgan fingerprint density at radius 3 is 2.55 bits per heavy atom. The Hall–Kier alpha value is -2.20. The van der Waals surface area contributed by atoms with Crippen LogP contribution in [0.3, 0.4) is 0 Å². The van der Waals surface area contributed by atoms with Crippen molar-refractivity contribution in [2.24, 2.45) is 14.1 Å². The molecule has 0 aliphatic carbocycles. The van der Waals surface area contributed by atoms with Crippen LogP contribution in [0, 0.1) is 13.8 Å². The first-order valence-electron chi connectivity index (χ1n) is 7.38. The summed E-state index contributed by atoms with van der Waals surface area (Å²) in [6.07, 6.45) is 0. The third kappa shape index (κ3) is 1.80. The fourth-order valence-electron chi connectivity index (χ4n) is 3.18. The van der Waals surface area contributed by atoms with Gasteiger partial charge in [0, 0.05) is 32.2 Å². The van der Waals surface area contributed by atoms with E-state index in [0.717, 1.165) is 11.6 Å². The average Bonchev–Trinajstić information content (AvgIpc) is 2.96. The van der Waals surface area contributed by atoms with Crippen LogP contribution in [0.15, 0.2) is 36.4 Å². The van der Waals surface area contributed by atoms with Crippen molar-refractivity contribution in [1.82, 2.24) is 9.78 Å². The van der Waals surface area contributed by atoms with Crippen LogP contribution in [-0.2, 0) is 14.1 Å². The molecule has 3 nitrogen and oxygen atoms in total. The molecule has 0 fully saturated rings. The van der Waals surface area contributed by atoms with E-state index >= 15 is 0 Å². The topological polar surface area (TPSA) is 21.7 Å². The van der Waals surface area contributed by atoms with Crippen molar-refractivity contribution in [3.05, 3.63) is 47.8 Å². The maximum atomic E-state index is 4.53. The Bertz CT molecular complexity index is 1020. The van der Waals surface area contributed by atoms with Crippen LogP contribution < -0.4 is 4.57 Å². The van der Waals surface area contributed by atoms with Gasteiger partial charge in [0.05, 0.1) is 19.7 Å². The number of aromatic nitrogens is 3. The van der Waals surface area contributed by atoms with Gasteiger partial charge in [-0.05, 0) is 30.7 Å². The predicted molar refractivity (Wildman–Crippen MR) is 92.2 cm³/mol. The number of rotatable bonds is 1. The average molecular weight is 308 g/mol. The van der Waals surface area contributed by atoms with Crippen molar-refractivity contribution < 1.29 is 4.57 Å². The van der Waals surface area contributed by atoms with E-state index in [1.54, 1.807) is 0 Å². The first-order chi connectivity index (χ1) is 10.6. The number of nitrogens with zero attached hydrogens (tertiary/aromatic N) is 3. The number of hydrogen-bond donors (Lipinski definition) is 0. The third-order valence-corrected chi connectivity index (χ3v) is 5.50. The number of hydrogen-bond acceptors (Lipinski definition) is 2. The minimum absolute atomic E-state index is 1.02. The van der Waals surface area contributed by atoms with Crippen LogP contribution in [0.2, 0.25) is 0 Å². The van der Waals surface area contributed by atoms with Gasteiger partial charge in [-0.15, -0.1) is 16.0 Å². The van der Waals surface area contributed by atoms with Crippen LogP contribution in [0.1, 0.15) is 11.4 Å². The first-order valence-corrected chi connectivity index (χ1v) is 8.20. The van der Waals surface area contributed by atoms with Crippen LogP contribution in [0.5, 0.6) is 0 Å². The van der Waals surface area contributed by atoms with Crippen LogP contribution in [-0.4, -0.2) is 9.78 Å². The van der Waals surface area contributed by atoms with Crippen molar-refractivity contribution in [3.63, 3.8) is 0 Å². The Morgan fingerprint density at radius 2 is 1.82 bits per heavy atom. The quantitative estimate of drug-likeness (QED) is 0.489. The zero-order valence-corrected chi connectivity index (χ0v) is 14.0. The Labute approximate surface area is 133 Å². The summed E-state index contributed by atoms with van der Waals surface area (Å²) in [6.45, 7) is 4.22. The Balaban J connectivity index is 2.07. The van der Waals surface area contributed by atoms with Crippen molar-refractivity contribution in [1.29, 1.82) is 0 Å². The minimum Gasteiger partial charge on any atom is -0.231 e. The van der Waals surface area contributed by atoms with Gasteiger partial charge in [-0.25, -0.2) is 4.57 Å². The largest absolute Gasteiger partial charge is 0.274 e. The lowest BCUT2D eigenvalue weighted by atomic mass is 10.0. The summed E-state index contributed by atoms with van der Waals surface area (Å²) >= 11 is 1.86. The molecule has 0 aliphatic rings. The molecule has 0 bridgehead atoms. The zero-order valence-electron chi connectivity index (χ0n) is 13.2. The number of thiophene rings is 1. The van der Waals surface area contributed by atoms with Crippen molar-refractivity contribution in [3.8, 4) is 11.4 Å². The molecule has 110 valence electrons. The maximum absolute atomic E-state index is 4.53. The SMILES string of the molecule is Cc1cc2c(cc1-c1n(C)nc(C)[n+]1C)sc1ccccc12. The summed E-state index contributed by atoms with van der Waals surface area (Å²) in [5, 5.41) is 7.23. The summed E-state index contributed by atoms with van der Waals surface area (Å²) in [5.41, 5.74) is 2.54. The van der Waals surface area contributed by atoms with Gasteiger partial charge in [0.25, 0.3) is 11.6 Å². The van der Waals surface area contributed by atoms with Gasteiger partial charge < -0.3 is 0 Å². The van der Waals surface area contributed by atoms with E-state index in [0.29, 0.717) is 0 Å². The minimum atomic E-state index is 1.02. The molecule has 2 aromatic carbocycles. The fourth-order valence-corrected chi connectivity index (χ4v) is 4.30. The molecule has 0 unspecified atom stereocenters. The van der Waals surface area contributed by atoms with E-state index in [1.165, 1.54) is 31.3 Å². The molecule has 0 aliphatic heterocycles. The zero-order chi connectivity index (χ0) is 15.4. The molecular formula is C18H18N3S+. The van der Waals surface area contributed by atoms with Gasteiger partial charge in [0.15, 0.2) is 0 Å². The molecular weight excluding hydrogens is 290 g/mol. The monoisotopic (exact) mass is 308 g/mol. The molecule has 0 saturated heterocycles. The second-order valence-electron chi connectivity index (χ2n) is 5.81. The first kappa shape index (κ1) is 13.5. The van der Waals surface area contributed by atoms with Gasteiger partial charge >= 0.3 is 0 Å². The molecule has 2 aromatic heterocycles. The van der Waals surface area contributed by atoms with Gasteiger partial charge in [-0.1, -0.05) is 18.2 Å². The van der Waals surface area contributed by atoms with E-state index in [-0.39, 0.29) is 0 Å². The molecule has 22 heavy (non-hydrogen) atoms. The molecule has 0 spiro atoms. The number of aryl methyl sites for hydroxylation is 3. The highest BCUT2D eigenvalue weighted by Crippen LogP contribution is 2.37. The van der Waals surface area contributed by atoms with E-state index in [9.17, 15) is 0 Å². The highest BCUT2D eigenvalue weighted by molar-refractivity contribution is 7.25. The fraction of sp³-hybridized carbons (Fsp3) is 0.222. The summed E-state index contributed by atoms with van der Waals surface area (Å²) < 4.78 is 6.80. The van der Waals surface area contributed by atoms with E-state index in [2.05, 4.69) is 60.0 Å². The lowest BCUT2D eigenvalue weighted by molar-refractivity contribution is -0.667. The van der Waals surface area contributed by atoms with Gasteiger partial charge in [0.2, 0.25) is 0 Å². The normalized spacial score (nSPS) is 11.6. The van der Waals surface area contributed by atoms with E-state index in [1.807, 2.05) is 30.0 Å². The van der Waals surface area contributed by atoms with Gasteiger partial charge in [0.1, 0.15) is 0 Å². The van der Waals surface area contributed by atoms with Crippen LogP contribution in [0.4, 0.5) is 0 Å². The van der Waals surface area contributed by atoms with Crippen molar-refractivity contribution in [2.75, 3.05) is 0 Å². The molecule has 0 radical (unpaired) electrons. The van der Waals surface area contributed by atoms with E-state index in [4.69, 9.17) is 0 Å². The highest BCUT2D eigenvalue weighted by atomic mass is 32.1. The van der Waals surface area contributed by atoms with E-state index < -0.39 is 0 Å². The standard InChI is InChI=1S/C18H18N3S/c1-11-9-15-13-7-5-6-8-16(13)22-17(15)10-14(11)18-20(3)12(2)19-21(18)4/h5-10H,1-4H3/q+1. The van der Waals surface area contributed by atoms with Crippen LogP contribution in [0.25, 0.3) is 31.6 Å². The summed E-state index contributed by atoms with van der Waals surface area (Å²) in [5.74, 6) is 2.17. The van der Waals surface area contributed by atoms with Crippen molar-refractivity contribution >= 4 is 31.5 Å². The highest BCUT2D eigenvalue weighted by Gasteiger charge is 2.22. The number of benzene rings is 2. The summed E-state index contributed by atoms with van der Waals surface area (Å²) in [7, 11) is 4.09. The molecule has 0 atom stereocenters. The predicted octanol–water partition coefficient (Wildman–Crippen LogP) is 3.90. The molecule has 4 rings (SSSR count).